The Kier molecular flexibility index (Phi) is 8.42. The summed E-state index contributed by atoms with van der Waals surface area (Å²) in [5.41, 5.74) is 6.50. The largest absolute Gasteiger partial charge is 0.466 e. The Hall–Kier alpha value is -2.80. The Balaban J connectivity index is 0.00000158. The van der Waals surface area contributed by atoms with Gasteiger partial charge in [0, 0.05) is 42.7 Å². The maximum atomic E-state index is 12.8. The van der Waals surface area contributed by atoms with Crippen molar-refractivity contribution in [2.45, 2.75) is 66.3 Å². The molecule has 184 valence electrons. The molecule has 3 heterocycles. The quantitative estimate of drug-likeness (QED) is 0.324. The van der Waals surface area contributed by atoms with Gasteiger partial charge in [0.05, 0.1) is 29.9 Å². The van der Waals surface area contributed by atoms with Gasteiger partial charge in [-0.05, 0) is 43.7 Å². The molecule has 0 radical (unpaired) electrons. The second-order valence-corrected chi connectivity index (χ2v) is 8.50. The molecule has 3 aromatic rings. The van der Waals surface area contributed by atoms with E-state index in [0.717, 1.165) is 59.1 Å². The minimum absolute atomic E-state index is 0.295. The zero-order valence-corrected chi connectivity index (χ0v) is 21.7. The fourth-order valence-electron chi connectivity index (χ4n) is 4.84. The highest BCUT2D eigenvalue weighted by atomic mass is 35.5. The molecular weight excluding hydrogens is 454 g/mol. The van der Waals surface area contributed by atoms with Gasteiger partial charge < -0.3 is 14.0 Å². The number of nitrogens with zero attached hydrogens (tertiary/aromatic N) is 3. The molecule has 0 amide bonds. The van der Waals surface area contributed by atoms with Crippen LogP contribution in [0.15, 0.2) is 12.1 Å². The van der Waals surface area contributed by atoms with E-state index in [4.69, 9.17) is 26.2 Å². The van der Waals surface area contributed by atoms with Crippen LogP contribution >= 0.6 is 11.6 Å². The minimum Gasteiger partial charge on any atom is -0.466 e. The first-order valence-corrected chi connectivity index (χ1v) is 12.4. The van der Waals surface area contributed by atoms with Gasteiger partial charge in [0.2, 0.25) is 0 Å². The van der Waals surface area contributed by atoms with Crippen LogP contribution in [0.1, 0.15) is 68.0 Å². The SMILES string of the molecule is CC.CCc1nn2c(c1-c1c(Cl)ccc3c(CCCOC(C)=O)c(C(=O)OC)n(C)c13)CCC2. The van der Waals surface area contributed by atoms with Crippen molar-refractivity contribution < 1.29 is 19.1 Å². The summed E-state index contributed by atoms with van der Waals surface area (Å²) < 4.78 is 14.2. The van der Waals surface area contributed by atoms with Gasteiger partial charge in [-0.15, -0.1) is 0 Å². The third-order valence-electron chi connectivity index (χ3n) is 6.16. The highest BCUT2D eigenvalue weighted by Crippen LogP contribution is 2.43. The van der Waals surface area contributed by atoms with Gasteiger partial charge in [0.15, 0.2) is 0 Å². The van der Waals surface area contributed by atoms with Crippen molar-refractivity contribution in [2.75, 3.05) is 13.7 Å². The Bertz CT molecular complexity index is 1210. The first kappa shape index (κ1) is 25.8. The zero-order chi connectivity index (χ0) is 25.0. The number of esters is 2. The van der Waals surface area contributed by atoms with Crippen molar-refractivity contribution >= 4 is 34.4 Å². The summed E-state index contributed by atoms with van der Waals surface area (Å²) in [5, 5.41) is 6.42. The lowest BCUT2D eigenvalue weighted by atomic mass is 9.96. The van der Waals surface area contributed by atoms with Gasteiger partial charge in [-0.2, -0.15) is 5.10 Å². The molecule has 1 aromatic carbocycles. The standard InChI is InChI=1S/C24H28ClN3O4.C2H6/c1-5-18-21(19-9-6-12-28(19)26-18)20-17(25)11-10-16-15(8-7-13-32-14(2)29)23(24(30)31-4)27(3)22(16)20;1-2/h10-11H,5-9,12-13H2,1-4H3;1-2H3. The molecule has 0 saturated carbocycles. The number of fused-ring (bicyclic) bond motifs is 2. The average molecular weight is 488 g/mol. The van der Waals surface area contributed by atoms with E-state index in [2.05, 4.69) is 11.6 Å². The highest BCUT2D eigenvalue weighted by Gasteiger charge is 2.29. The molecule has 0 bridgehead atoms. The van der Waals surface area contributed by atoms with E-state index in [-0.39, 0.29) is 5.97 Å². The molecule has 7 nitrogen and oxygen atoms in total. The van der Waals surface area contributed by atoms with Gasteiger partial charge >= 0.3 is 11.9 Å². The third-order valence-corrected chi connectivity index (χ3v) is 6.48. The summed E-state index contributed by atoms with van der Waals surface area (Å²) in [6.45, 7) is 8.70. The summed E-state index contributed by atoms with van der Waals surface area (Å²) in [4.78, 5) is 23.9. The summed E-state index contributed by atoms with van der Waals surface area (Å²) in [7, 11) is 3.26. The van der Waals surface area contributed by atoms with Crippen molar-refractivity contribution in [1.82, 2.24) is 14.3 Å². The second kappa shape index (κ2) is 11.1. The van der Waals surface area contributed by atoms with Crippen LogP contribution in [0.3, 0.4) is 0 Å². The topological polar surface area (TPSA) is 75.3 Å². The lowest BCUT2D eigenvalue weighted by molar-refractivity contribution is -0.141. The molecule has 0 unspecified atom stereocenters. The smallest absolute Gasteiger partial charge is 0.354 e. The molecular formula is C26H34ClN3O4. The molecule has 8 heteroatoms. The van der Waals surface area contributed by atoms with Crippen molar-refractivity contribution in [3.8, 4) is 11.1 Å². The van der Waals surface area contributed by atoms with Gasteiger partial charge in [-0.25, -0.2) is 4.79 Å². The summed E-state index contributed by atoms with van der Waals surface area (Å²) in [6, 6.07) is 3.86. The highest BCUT2D eigenvalue weighted by molar-refractivity contribution is 6.35. The van der Waals surface area contributed by atoms with Crippen molar-refractivity contribution in [1.29, 1.82) is 0 Å². The number of aromatic nitrogens is 3. The van der Waals surface area contributed by atoms with E-state index < -0.39 is 5.97 Å². The third kappa shape index (κ3) is 4.58. The number of halogens is 1. The van der Waals surface area contributed by atoms with E-state index in [1.165, 1.54) is 19.7 Å². The van der Waals surface area contributed by atoms with E-state index in [0.29, 0.717) is 30.2 Å². The number of methoxy groups -OCH3 is 1. The molecule has 1 aliphatic rings. The van der Waals surface area contributed by atoms with Gasteiger partial charge in [0.25, 0.3) is 0 Å². The maximum Gasteiger partial charge on any atom is 0.354 e. The van der Waals surface area contributed by atoms with E-state index >= 15 is 0 Å². The molecule has 0 saturated heterocycles. The minimum atomic E-state index is -0.399. The van der Waals surface area contributed by atoms with Gasteiger partial charge in [-0.1, -0.05) is 38.4 Å². The molecule has 0 atom stereocenters. The predicted molar refractivity (Wildman–Crippen MR) is 134 cm³/mol. The normalized spacial score (nSPS) is 12.3. The van der Waals surface area contributed by atoms with Crippen LogP contribution < -0.4 is 0 Å². The van der Waals surface area contributed by atoms with Crippen molar-refractivity contribution in [3.05, 3.63) is 39.8 Å². The van der Waals surface area contributed by atoms with E-state index in [1.807, 2.05) is 37.6 Å². The van der Waals surface area contributed by atoms with Crippen LogP contribution in [0.5, 0.6) is 0 Å². The summed E-state index contributed by atoms with van der Waals surface area (Å²) in [6.07, 6.45) is 3.99. The maximum absolute atomic E-state index is 12.8. The fraction of sp³-hybridized carbons (Fsp3) is 0.500. The van der Waals surface area contributed by atoms with Crippen LogP contribution in [-0.2, 0) is 47.1 Å². The Labute approximate surface area is 206 Å². The molecule has 0 spiro atoms. The monoisotopic (exact) mass is 487 g/mol. The first-order chi connectivity index (χ1) is 16.4. The van der Waals surface area contributed by atoms with Crippen LogP contribution in [0.4, 0.5) is 0 Å². The van der Waals surface area contributed by atoms with Crippen molar-refractivity contribution in [3.63, 3.8) is 0 Å². The Morgan fingerprint density at radius 1 is 1.21 bits per heavy atom. The van der Waals surface area contributed by atoms with E-state index in [1.54, 1.807) is 0 Å². The van der Waals surface area contributed by atoms with Gasteiger partial charge in [0.1, 0.15) is 5.69 Å². The molecule has 0 N–H and O–H groups in total. The number of hydrogen-bond acceptors (Lipinski definition) is 5. The molecule has 34 heavy (non-hydrogen) atoms. The lowest BCUT2D eigenvalue weighted by Crippen LogP contribution is -2.11. The first-order valence-electron chi connectivity index (χ1n) is 12.0. The second-order valence-electron chi connectivity index (χ2n) is 8.09. The molecule has 0 fully saturated rings. The van der Waals surface area contributed by atoms with Crippen molar-refractivity contribution in [2.24, 2.45) is 7.05 Å². The lowest BCUT2D eigenvalue weighted by Gasteiger charge is -2.11. The summed E-state index contributed by atoms with van der Waals surface area (Å²) in [5.74, 6) is -0.712. The van der Waals surface area contributed by atoms with E-state index in [9.17, 15) is 9.59 Å². The van der Waals surface area contributed by atoms with Crippen LogP contribution in [0, 0.1) is 0 Å². The van der Waals surface area contributed by atoms with Crippen LogP contribution in [0.25, 0.3) is 22.0 Å². The van der Waals surface area contributed by atoms with Crippen LogP contribution in [0.2, 0.25) is 5.02 Å². The number of carbonyl (C=O) groups is 2. The number of rotatable bonds is 7. The molecule has 4 rings (SSSR count). The Morgan fingerprint density at radius 2 is 1.94 bits per heavy atom. The summed E-state index contributed by atoms with van der Waals surface area (Å²) >= 11 is 6.81. The molecule has 1 aliphatic heterocycles. The average Bonchev–Trinajstić information content (AvgIpc) is 3.50. The molecule has 0 aliphatic carbocycles. The number of hydrogen-bond donors (Lipinski definition) is 0. The number of ether oxygens (including phenoxy) is 2. The zero-order valence-electron chi connectivity index (χ0n) is 21.0. The fourth-order valence-corrected chi connectivity index (χ4v) is 5.08. The van der Waals surface area contributed by atoms with Gasteiger partial charge in [-0.3, -0.25) is 9.48 Å². The Morgan fingerprint density at radius 3 is 2.59 bits per heavy atom. The number of benzene rings is 1. The number of aryl methyl sites for hydroxylation is 4. The predicted octanol–water partition coefficient (Wildman–Crippen LogP) is 5.51. The van der Waals surface area contributed by atoms with Crippen LogP contribution in [-0.4, -0.2) is 40.0 Å². The number of carbonyl (C=O) groups excluding carboxylic acids is 2. The molecule has 2 aromatic heterocycles.